The summed E-state index contributed by atoms with van der Waals surface area (Å²) in [6, 6.07) is 1.24. The standard InChI is InChI=1S/C16H34N4.HI/c1-13(2)7-6-10-18-16(17-5)19-15-8-11-20(12-9-15)14(3)4;/h13-15H,6-12H2,1-5H3,(H2,17,18,19);1H. The highest BCUT2D eigenvalue weighted by atomic mass is 127. The molecule has 0 bridgehead atoms. The molecule has 2 N–H and O–H groups in total. The van der Waals surface area contributed by atoms with E-state index in [9.17, 15) is 0 Å². The van der Waals surface area contributed by atoms with Crippen LogP contribution in [0.1, 0.15) is 53.4 Å². The molecule has 21 heavy (non-hydrogen) atoms. The number of aliphatic imine (C=N–C) groups is 1. The SMILES string of the molecule is CN=C(NCCCC(C)C)NC1CCN(C(C)C)CC1.I. The lowest BCUT2D eigenvalue weighted by atomic mass is 10.0. The monoisotopic (exact) mass is 410 g/mol. The van der Waals surface area contributed by atoms with Gasteiger partial charge in [0.05, 0.1) is 0 Å². The molecule has 0 aromatic heterocycles. The van der Waals surface area contributed by atoms with E-state index in [1.807, 2.05) is 7.05 Å². The first kappa shape index (κ1) is 21.0. The summed E-state index contributed by atoms with van der Waals surface area (Å²) in [6.45, 7) is 12.5. The van der Waals surface area contributed by atoms with Crippen LogP contribution in [-0.2, 0) is 0 Å². The van der Waals surface area contributed by atoms with E-state index < -0.39 is 0 Å². The van der Waals surface area contributed by atoms with E-state index >= 15 is 0 Å². The van der Waals surface area contributed by atoms with E-state index in [1.54, 1.807) is 0 Å². The number of rotatable bonds is 6. The van der Waals surface area contributed by atoms with Crippen LogP contribution in [0.2, 0.25) is 0 Å². The first-order chi connectivity index (χ1) is 9.52. The van der Waals surface area contributed by atoms with Gasteiger partial charge < -0.3 is 15.5 Å². The fraction of sp³-hybridized carbons (Fsp3) is 0.938. The maximum Gasteiger partial charge on any atom is 0.191 e. The van der Waals surface area contributed by atoms with Crippen molar-refractivity contribution in [2.45, 2.75) is 65.5 Å². The third kappa shape index (κ3) is 8.86. The van der Waals surface area contributed by atoms with Crippen molar-refractivity contribution in [1.82, 2.24) is 15.5 Å². The van der Waals surface area contributed by atoms with Crippen molar-refractivity contribution in [3.05, 3.63) is 0 Å². The minimum atomic E-state index is 0. The van der Waals surface area contributed by atoms with Crippen LogP contribution in [0.3, 0.4) is 0 Å². The maximum atomic E-state index is 4.33. The van der Waals surface area contributed by atoms with Gasteiger partial charge in [0.15, 0.2) is 5.96 Å². The molecular weight excluding hydrogens is 375 g/mol. The van der Waals surface area contributed by atoms with Crippen molar-refractivity contribution >= 4 is 29.9 Å². The first-order valence-electron chi connectivity index (χ1n) is 8.24. The van der Waals surface area contributed by atoms with Gasteiger partial charge in [0.2, 0.25) is 0 Å². The predicted molar refractivity (Wildman–Crippen MR) is 104 cm³/mol. The van der Waals surface area contributed by atoms with Crippen molar-refractivity contribution in [2.24, 2.45) is 10.9 Å². The van der Waals surface area contributed by atoms with Gasteiger partial charge in [-0.1, -0.05) is 13.8 Å². The summed E-state index contributed by atoms with van der Waals surface area (Å²) in [5.41, 5.74) is 0. The lowest BCUT2D eigenvalue weighted by Crippen LogP contribution is -2.49. The van der Waals surface area contributed by atoms with Gasteiger partial charge in [-0.15, -0.1) is 24.0 Å². The van der Waals surface area contributed by atoms with E-state index in [0.29, 0.717) is 12.1 Å². The Bertz CT molecular complexity index is 284. The molecule has 126 valence electrons. The van der Waals surface area contributed by atoms with E-state index in [1.165, 1.54) is 38.8 Å². The quantitative estimate of drug-likeness (QED) is 0.306. The van der Waals surface area contributed by atoms with Gasteiger partial charge in [-0.2, -0.15) is 0 Å². The van der Waals surface area contributed by atoms with Crippen molar-refractivity contribution < 1.29 is 0 Å². The Morgan fingerprint density at radius 1 is 1.19 bits per heavy atom. The van der Waals surface area contributed by atoms with Gasteiger partial charge in [-0.25, -0.2) is 0 Å². The van der Waals surface area contributed by atoms with Crippen molar-refractivity contribution in [2.75, 3.05) is 26.7 Å². The molecule has 1 aliphatic heterocycles. The van der Waals surface area contributed by atoms with Crippen LogP contribution >= 0.6 is 24.0 Å². The molecule has 0 radical (unpaired) electrons. The molecule has 4 nitrogen and oxygen atoms in total. The van der Waals surface area contributed by atoms with E-state index in [0.717, 1.165) is 18.4 Å². The Hall–Kier alpha value is -0.0400. The number of nitrogens with zero attached hydrogens (tertiary/aromatic N) is 2. The van der Waals surface area contributed by atoms with Gasteiger partial charge >= 0.3 is 0 Å². The molecule has 0 atom stereocenters. The summed E-state index contributed by atoms with van der Waals surface area (Å²) >= 11 is 0. The summed E-state index contributed by atoms with van der Waals surface area (Å²) in [6.07, 6.45) is 4.91. The zero-order valence-electron chi connectivity index (χ0n) is 14.5. The Kier molecular flexibility index (Phi) is 11.5. The fourth-order valence-electron chi connectivity index (χ4n) is 2.67. The molecule has 1 aliphatic rings. The van der Waals surface area contributed by atoms with Crippen LogP contribution in [0, 0.1) is 5.92 Å². The van der Waals surface area contributed by atoms with Gasteiger partial charge in [-0.05, 0) is 45.4 Å². The largest absolute Gasteiger partial charge is 0.356 e. The summed E-state index contributed by atoms with van der Waals surface area (Å²) < 4.78 is 0. The van der Waals surface area contributed by atoms with Gasteiger partial charge in [0.1, 0.15) is 0 Å². The lowest BCUT2D eigenvalue weighted by molar-refractivity contribution is 0.167. The lowest BCUT2D eigenvalue weighted by Gasteiger charge is -2.35. The molecule has 1 saturated heterocycles. The molecule has 1 heterocycles. The molecule has 0 saturated carbocycles. The average molecular weight is 410 g/mol. The second-order valence-electron chi connectivity index (χ2n) is 6.58. The Morgan fingerprint density at radius 3 is 2.29 bits per heavy atom. The summed E-state index contributed by atoms with van der Waals surface area (Å²) in [7, 11) is 1.86. The Labute approximate surface area is 148 Å². The Balaban J connectivity index is 0.00000400. The van der Waals surface area contributed by atoms with Crippen LogP contribution in [0.25, 0.3) is 0 Å². The maximum absolute atomic E-state index is 4.33. The molecule has 0 unspecified atom stereocenters. The second-order valence-corrected chi connectivity index (χ2v) is 6.58. The molecule has 0 spiro atoms. The number of likely N-dealkylation sites (tertiary alicyclic amines) is 1. The number of piperidine rings is 1. The molecule has 0 aromatic carbocycles. The smallest absolute Gasteiger partial charge is 0.191 e. The third-order valence-electron chi connectivity index (χ3n) is 4.07. The number of halogens is 1. The number of hydrogen-bond donors (Lipinski definition) is 2. The van der Waals surface area contributed by atoms with Gasteiger partial charge in [0, 0.05) is 38.8 Å². The number of nitrogens with one attached hydrogen (secondary N) is 2. The van der Waals surface area contributed by atoms with Gasteiger partial charge in [-0.3, -0.25) is 4.99 Å². The minimum absolute atomic E-state index is 0. The highest BCUT2D eigenvalue weighted by Gasteiger charge is 2.21. The zero-order chi connectivity index (χ0) is 15.0. The highest BCUT2D eigenvalue weighted by Crippen LogP contribution is 2.12. The molecule has 5 heteroatoms. The van der Waals surface area contributed by atoms with Crippen LogP contribution in [0.5, 0.6) is 0 Å². The van der Waals surface area contributed by atoms with Crippen LogP contribution in [-0.4, -0.2) is 49.6 Å². The number of guanidine groups is 1. The normalized spacial score (nSPS) is 18.0. The first-order valence-corrected chi connectivity index (χ1v) is 8.24. The molecule has 0 amide bonds. The molecule has 1 fully saturated rings. The van der Waals surface area contributed by atoms with Crippen LogP contribution in [0.4, 0.5) is 0 Å². The molecule has 0 aromatic rings. The minimum Gasteiger partial charge on any atom is -0.356 e. The van der Waals surface area contributed by atoms with E-state index in [4.69, 9.17) is 0 Å². The topological polar surface area (TPSA) is 39.7 Å². The summed E-state index contributed by atoms with van der Waals surface area (Å²) in [5, 5.41) is 7.00. The molecular formula is C16H35IN4. The number of hydrogen-bond acceptors (Lipinski definition) is 2. The van der Waals surface area contributed by atoms with Crippen LogP contribution in [0.15, 0.2) is 4.99 Å². The van der Waals surface area contributed by atoms with E-state index in [2.05, 4.69) is 48.2 Å². The van der Waals surface area contributed by atoms with Crippen molar-refractivity contribution in [3.63, 3.8) is 0 Å². The summed E-state index contributed by atoms with van der Waals surface area (Å²) in [5.74, 6) is 1.75. The van der Waals surface area contributed by atoms with Gasteiger partial charge in [0.25, 0.3) is 0 Å². The predicted octanol–water partition coefficient (Wildman–Crippen LogP) is 3.08. The molecule has 1 rings (SSSR count). The average Bonchev–Trinajstić information content (AvgIpc) is 2.42. The molecule has 0 aliphatic carbocycles. The summed E-state index contributed by atoms with van der Waals surface area (Å²) in [4.78, 5) is 6.89. The third-order valence-corrected chi connectivity index (χ3v) is 4.07. The van der Waals surface area contributed by atoms with Crippen molar-refractivity contribution in [3.8, 4) is 0 Å². The zero-order valence-corrected chi connectivity index (χ0v) is 16.8. The second kappa shape index (κ2) is 11.5. The van der Waals surface area contributed by atoms with Crippen molar-refractivity contribution in [1.29, 1.82) is 0 Å². The van der Waals surface area contributed by atoms with E-state index in [-0.39, 0.29) is 24.0 Å². The fourth-order valence-corrected chi connectivity index (χ4v) is 2.67. The van der Waals surface area contributed by atoms with Crippen LogP contribution < -0.4 is 10.6 Å². The Morgan fingerprint density at radius 2 is 1.81 bits per heavy atom. The highest BCUT2D eigenvalue weighted by molar-refractivity contribution is 14.0.